The highest BCUT2D eigenvalue weighted by atomic mass is 16.3. The second-order valence-electron chi connectivity index (χ2n) is 16.7. The molecule has 290 valence electrons. The molecule has 0 amide bonds. The van der Waals surface area contributed by atoms with Gasteiger partial charge in [0.2, 0.25) is 0 Å². The Hall–Kier alpha value is -7.30. The zero-order chi connectivity index (χ0) is 40.8. The number of aryl methyl sites for hydroxylation is 6. The summed E-state index contributed by atoms with van der Waals surface area (Å²) < 4.78 is 13.7. The second kappa shape index (κ2) is 13.6. The van der Waals surface area contributed by atoms with Crippen molar-refractivity contribution in [2.24, 2.45) is 0 Å². The van der Waals surface area contributed by atoms with Crippen molar-refractivity contribution in [3.8, 4) is 0 Å². The fourth-order valence-electron chi connectivity index (χ4n) is 9.51. The molecule has 11 rings (SSSR count). The van der Waals surface area contributed by atoms with Crippen molar-refractivity contribution >= 4 is 99.5 Å². The Morgan fingerprint density at radius 3 is 1.08 bits per heavy atom. The summed E-state index contributed by atoms with van der Waals surface area (Å²) in [6.07, 6.45) is 0. The van der Waals surface area contributed by atoms with Crippen molar-refractivity contribution in [3.63, 3.8) is 0 Å². The van der Waals surface area contributed by atoms with E-state index >= 15 is 0 Å². The standard InChI is InChI=1S/C56H44N2O2/c1-33-21-34(2)24-47(23-33)57(43-13-9-7-10-14-43)45-19-17-39-29-49-51(31-41(39)27-45)59-55-37(5)38(6)56-54(53(49)55)50-30-40-18-20-46(28-42(40)32-52(50)60-56)58(44-15-11-8-12-16-44)48-25-35(3)22-36(4)26-48/h7-32H,1-6H3. The Morgan fingerprint density at radius 2 is 0.700 bits per heavy atom. The zero-order valence-corrected chi connectivity index (χ0v) is 34.7. The molecule has 11 aromatic rings. The van der Waals surface area contributed by atoms with Gasteiger partial charge in [0, 0.05) is 55.7 Å². The van der Waals surface area contributed by atoms with Gasteiger partial charge in [0.1, 0.15) is 22.3 Å². The van der Waals surface area contributed by atoms with E-state index in [1.165, 1.54) is 22.3 Å². The third kappa shape index (κ3) is 5.82. The third-order valence-electron chi connectivity index (χ3n) is 12.2. The van der Waals surface area contributed by atoms with Crippen LogP contribution in [0.1, 0.15) is 33.4 Å². The third-order valence-corrected chi connectivity index (χ3v) is 12.2. The van der Waals surface area contributed by atoms with Crippen LogP contribution in [-0.2, 0) is 0 Å². The lowest BCUT2D eigenvalue weighted by Gasteiger charge is -2.26. The van der Waals surface area contributed by atoms with Crippen LogP contribution in [0, 0.1) is 41.5 Å². The number of rotatable bonds is 6. The maximum absolute atomic E-state index is 6.87. The van der Waals surface area contributed by atoms with Crippen molar-refractivity contribution in [1.82, 2.24) is 0 Å². The van der Waals surface area contributed by atoms with E-state index in [4.69, 9.17) is 8.83 Å². The molecule has 0 fully saturated rings. The van der Waals surface area contributed by atoms with E-state index in [-0.39, 0.29) is 0 Å². The molecular formula is C56H44N2O2. The summed E-state index contributed by atoms with van der Waals surface area (Å²) in [5.74, 6) is 0. The highest BCUT2D eigenvalue weighted by Gasteiger charge is 2.23. The van der Waals surface area contributed by atoms with Crippen molar-refractivity contribution in [3.05, 3.63) is 191 Å². The summed E-state index contributed by atoms with van der Waals surface area (Å²) in [5, 5.41) is 8.97. The summed E-state index contributed by atoms with van der Waals surface area (Å²) in [7, 11) is 0. The largest absolute Gasteiger partial charge is 0.456 e. The fraction of sp³-hybridized carbons (Fsp3) is 0.107. The summed E-state index contributed by atoms with van der Waals surface area (Å²) in [6.45, 7) is 13.0. The maximum Gasteiger partial charge on any atom is 0.139 e. The number of anilines is 6. The molecule has 4 nitrogen and oxygen atoms in total. The Balaban J connectivity index is 1.08. The minimum Gasteiger partial charge on any atom is -0.456 e. The van der Waals surface area contributed by atoms with Crippen LogP contribution in [0.25, 0.3) is 65.4 Å². The lowest BCUT2D eigenvalue weighted by atomic mass is 9.96. The molecule has 0 radical (unpaired) electrons. The molecule has 60 heavy (non-hydrogen) atoms. The molecule has 0 atom stereocenters. The van der Waals surface area contributed by atoms with Crippen LogP contribution in [0.15, 0.2) is 167 Å². The first kappa shape index (κ1) is 35.8. The average Bonchev–Trinajstić information content (AvgIpc) is 3.79. The summed E-state index contributed by atoms with van der Waals surface area (Å²) in [5.41, 5.74) is 17.4. The van der Waals surface area contributed by atoms with Crippen molar-refractivity contribution < 1.29 is 8.83 Å². The minimum absolute atomic E-state index is 0.870. The second-order valence-corrected chi connectivity index (χ2v) is 16.7. The van der Waals surface area contributed by atoms with Gasteiger partial charge < -0.3 is 18.6 Å². The molecule has 9 aromatic carbocycles. The van der Waals surface area contributed by atoms with Crippen molar-refractivity contribution in [2.75, 3.05) is 9.80 Å². The van der Waals surface area contributed by atoms with Crippen LogP contribution in [0.5, 0.6) is 0 Å². The Kier molecular flexibility index (Phi) is 8.15. The predicted octanol–water partition coefficient (Wildman–Crippen LogP) is 16.6. The number of nitrogens with zero attached hydrogens (tertiary/aromatic N) is 2. The van der Waals surface area contributed by atoms with Gasteiger partial charge in [-0.2, -0.15) is 0 Å². The lowest BCUT2D eigenvalue weighted by molar-refractivity contribution is 0.657. The van der Waals surface area contributed by atoms with Gasteiger partial charge >= 0.3 is 0 Å². The lowest BCUT2D eigenvalue weighted by Crippen LogP contribution is -2.10. The maximum atomic E-state index is 6.87. The number of furan rings is 2. The summed E-state index contributed by atoms with van der Waals surface area (Å²) >= 11 is 0. The van der Waals surface area contributed by atoms with E-state index in [9.17, 15) is 0 Å². The van der Waals surface area contributed by atoms with Gasteiger partial charge in [0.25, 0.3) is 0 Å². The summed E-state index contributed by atoms with van der Waals surface area (Å²) in [4.78, 5) is 4.68. The van der Waals surface area contributed by atoms with Gasteiger partial charge in [0.15, 0.2) is 0 Å². The molecule has 0 saturated heterocycles. The molecule has 2 aromatic heterocycles. The molecule has 0 N–H and O–H groups in total. The number of benzene rings is 9. The van der Waals surface area contributed by atoms with Crippen LogP contribution in [0.2, 0.25) is 0 Å². The molecule has 4 heteroatoms. The van der Waals surface area contributed by atoms with Gasteiger partial charge in [-0.05, 0) is 194 Å². The molecule has 0 aliphatic carbocycles. The smallest absolute Gasteiger partial charge is 0.139 e. The zero-order valence-electron chi connectivity index (χ0n) is 34.7. The van der Waals surface area contributed by atoms with Crippen LogP contribution < -0.4 is 9.80 Å². The van der Waals surface area contributed by atoms with Gasteiger partial charge in [-0.1, -0.05) is 60.7 Å². The highest BCUT2D eigenvalue weighted by Crippen LogP contribution is 2.46. The van der Waals surface area contributed by atoms with E-state index in [2.05, 4.69) is 209 Å². The van der Waals surface area contributed by atoms with Crippen molar-refractivity contribution in [2.45, 2.75) is 41.5 Å². The first-order chi connectivity index (χ1) is 29.2. The van der Waals surface area contributed by atoms with Crippen LogP contribution in [0.3, 0.4) is 0 Å². The van der Waals surface area contributed by atoms with Crippen molar-refractivity contribution in [1.29, 1.82) is 0 Å². The molecule has 0 bridgehead atoms. The number of hydrogen-bond acceptors (Lipinski definition) is 4. The Morgan fingerprint density at radius 1 is 0.317 bits per heavy atom. The van der Waals surface area contributed by atoms with Crippen LogP contribution in [-0.4, -0.2) is 0 Å². The quantitative estimate of drug-likeness (QED) is 0.168. The first-order valence-corrected chi connectivity index (χ1v) is 20.7. The van der Waals surface area contributed by atoms with Gasteiger partial charge in [-0.15, -0.1) is 0 Å². The van der Waals surface area contributed by atoms with Crippen LogP contribution >= 0.6 is 0 Å². The molecule has 0 unspecified atom stereocenters. The molecule has 0 aliphatic heterocycles. The SMILES string of the molecule is Cc1cc(C)cc(N(c2ccccc2)c2ccc3cc4c(cc3c2)oc2c(C)c(C)c3oc5cc6cc(N(c7ccccc7)c7cc(C)cc(C)c7)ccc6cc5c3c24)c1. The topological polar surface area (TPSA) is 32.8 Å². The Labute approximate surface area is 349 Å². The van der Waals surface area contributed by atoms with E-state index in [1.807, 2.05) is 0 Å². The van der Waals surface area contributed by atoms with E-state index in [0.717, 1.165) is 111 Å². The fourth-order valence-corrected chi connectivity index (χ4v) is 9.51. The first-order valence-electron chi connectivity index (χ1n) is 20.7. The van der Waals surface area contributed by atoms with E-state index < -0.39 is 0 Å². The van der Waals surface area contributed by atoms with Gasteiger partial charge in [-0.3, -0.25) is 0 Å². The normalized spacial score (nSPS) is 11.8. The predicted molar refractivity (Wildman–Crippen MR) is 254 cm³/mol. The molecular weight excluding hydrogens is 733 g/mol. The minimum atomic E-state index is 0.870. The highest BCUT2D eigenvalue weighted by molar-refractivity contribution is 6.29. The number of para-hydroxylation sites is 2. The Bertz CT molecular complexity index is 3230. The van der Waals surface area contributed by atoms with Crippen LogP contribution in [0.4, 0.5) is 34.1 Å². The summed E-state index contributed by atoms with van der Waals surface area (Å²) in [6, 6.07) is 57.2. The number of hydrogen-bond donors (Lipinski definition) is 0. The average molecular weight is 777 g/mol. The molecule has 0 aliphatic rings. The van der Waals surface area contributed by atoms with Gasteiger partial charge in [-0.25, -0.2) is 0 Å². The van der Waals surface area contributed by atoms with E-state index in [0.29, 0.717) is 0 Å². The van der Waals surface area contributed by atoms with Gasteiger partial charge in [0.05, 0.1) is 0 Å². The van der Waals surface area contributed by atoms with E-state index in [1.54, 1.807) is 0 Å². The molecule has 0 saturated carbocycles. The molecule has 2 heterocycles. The number of fused-ring (bicyclic) bond motifs is 9. The monoisotopic (exact) mass is 776 g/mol. The molecule has 0 spiro atoms.